The molecule has 4 rings (SSSR count). The predicted octanol–water partition coefficient (Wildman–Crippen LogP) is 5.83. The van der Waals surface area contributed by atoms with Crippen molar-refractivity contribution in [3.8, 4) is 5.75 Å². The number of hydrogen-bond acceptors (Lipinski definition) is 4. The summed E-state index contributed by atoms with van der Waals surface area (Å²) in [4.78, 5) is 26.6. The number of hydrazine groups is 1. The van der Waals surface area contributed by atoms with Crippen LogP contribution in [0.2, 0.25) is 10.0 Å². The Balaban J connectivity index is 1.31. The average molecular weight is 549 g/mol. The third-order valence-corrected chi connectivity index (χ3v) is 6.43. The van der Waals surface area contributed by atoms with Crippen LogP contribution >= 0.6 is 39.1 Å². The molecule has 0 aliphatic carbocycles. The first kappa shape index (κ1) is 23.4. The SMILES string of the molecule is O=C(NNc1ccc(OCc2ccccc2Cl)c(Cl)c1)[C@@H]1CC(=O)N(c2ccc(Br)cc2)C1. The Labute approximate surface area is 209 Å². The van der Waals surface area contributed by atoms with Gasteiger partial charge in [0.25, 0.3) is 0 Å². The van der Waals surface area contributed by atoms with Crippen molar-refractivity contribution in [3.05, 3.63) is 86.8 Å². The van der Waals surface area contributed by atoms with Crippen molar-refractivity contribution in [2.45, 2.75) is 13.0 Å². The van der Waals surface area contributed by atoms with Crippen molar-refractivity contribution in [3.63, 3.8) is 0 Å². The number of ether oxygens (including phenoxy) is 1. The quantitative estimate of drug-likeness (QED) is 0.364. The second-order valence-corrected chi connectivity index (χ2v) is 9.25. The first-order valence-corrected chi connectivity index (χ1v) is 11.7. The van der Waals surface area contributed by atoms with Crippen molar-refractivity contribution in [1.29, 1.82) is 0 Å². The van der Waals surface area contributed by atoms with E-state index < -0.39 is 5.92 Å². The molecular weight excluding hydrogens is 529 g/mol. The van der Waals surface area contributed by atoms with Crippen molar-refractivity contribution >= 4 is 62.3 Å². The van der Waals surface area contributed by atoms with Crippen LogP contribution < -0.4 is 20.5 Å². The topological polar surface area (TPSA) is 70.7 Å². The smallest absolute Gasteiger partial charge is 0.243 e. The van der Waals surface area contributed by atoms with Crippen molar-refractivity contribution < 1.29 is 14.3 Å². The van der Waals surface area contributed by atoms with Gasteiger partial charge in [0.2, 0.25) is 11.8 Å². The lowest BCUT2D eigenvalue weighted by Gasteiger charge is -2.17. The Bertz CT molecular complexity index is 1170. The van der Waals surface area contributed by atoms with Gasteiger partial charge in [-0.3, -0.25) is 20.4 Å². The first-order chi connectivity index (χ1) is 15.9. The van der Waals surface area contributed by atoms with E-state index in [9.17, 15) is 9.59 Å². The second-order valence-electron chi connectivity index (χ2n) is 7.52. The molecule has 1 fully saturated rings. The summed E-state index contributed by atoms with van der Waals surface area (Å²) in [7, 11) is 0. The van der Waals surface area contributed by atoms with E-state index in [1.165, 1.54) is 0 Å². The van der Waals surface area contributed by atoms with Crippen molar-refractivity contribution in [2.24, 2.45) is 5.92 Å². The lowest BCUT2D eigenvalue weighted by atomic mass is 10.1. The summed E-state index contributed by atoms with van der Waals surface area (Å²) in [6.07, 6.45) is 0.152. The van der Waals surface area contributed by atoms with Gasteiger partial charge in [-0.15, -0.1) is 0 Å². The Morgan fingerprint density at radius 3 is 2.55 bits per heavy atom. The van der Waals surface area contributed by atoms with Crippen LogP contribution in [-0.2, 0) is 16.2 Å². The highest BCUT2D eigenvalue weighted by Crippen LogP contribution is 2.30. The van der Waals surface area contributed by atoms with E-state index in [1.54, 1.807) is 29.2 Å². The van der Waals surface area contributed by atoms with Crippen LogP contribution in [0.1, 0.15) is 12.0 Å². The van der Waals surface area contributed by atoms with Gasteiger partial charge in [0.15, 0.2) is 0 Å². The van der Waals surface area contributed by atoms with E-state index >= 15 is 0 Å². The maximum atomic E-state index is 12.6. The van der Waals surface area contributed by atoms with Crippen molar-refractivity contribution in [1.82, 2.24) is 5.43 Å². The standard InChI is InChI=1S/C24H20BrCl2N3O3/c25-17-5-8-19(9-6-17)30-13-16(11-23(30)31)24(32)29-28-18-7-10-22(21(27)12-18)33-14-15-3-1-2-4-20(15)26/h1-10,12,16,28H,11,13-14H2,(H,29,32)/t16-/m1/s1. The molecule has 1 saturated heterocycles. The molecule has 170 valence electrons. The normalized spacial score (nSPS) is 15.4. The number of carbonyl (C=O) groups is 2. The van der Waals surface area contributed by atoms with Gasteiger partial charge >= 0.3 is 0 Å². The van der Waals surface area contributed by atoms with Crippen LogP contribution in [0.25, 0.3) is 0 Å². The van der Waals surface area contributed by atoms with Crippen LogP contribution in [-0.4, -0.2) is 18.4 Å². The minimum absolute atomic E-state index is 0.0828. The van der Waals surface area contributed by atoms with E-state index in [-0.39, 0.29) is 24.8 Å². The first-order valence-electron chi connectivity index (χ1n) is 10.2. The fraction of sp³-hybridized carbons (Fsp3) is 0.167. The molecule has 0 spiro atoms. The Morgan fingerprint density at radius 1 is 1.06 bits per heavy atom. The summed E-state index contributed by atoms with van der Waals surface area (Å²) in [6, 6.07) is 19.9. The highest BCUT2D eigenvalue weighted by molar-refractivity contribution is 9.10. The van der Waals surface area contributed by atoms with Gasteiger partial charge in [-0.05, 0) is 48.5 Å². The number of anilines is 2. The molecular formula is C24H20BrCl2N3O3. The zero-order valence-electron chi connectivity index (χ0n) is 17.4. The number of benzene rings is 3. The lowest BCUT2D eigenvalue weighted by Crippen LogP contribution is -2.36. The number of nitrogens with one attached hydrogen (secondary N) is 2. The number of rotatable bonds is 7. The van der Waals surface area contributed by atoms with Gasteiger partial charge in [-0.1, -0.05) is 57.3 Å². The summed E-state index contributed by atoms with van der Waals surface area (Å²) in [6.45, 7) is 0.608. The minimum Gasteiger partial charge on any atom is -0.487 e. The van der Waals surface area contributed by atoms with Gasteiger partial charge in [-0.2, -0.15) is 0 Å². The molecule has 0 aromatic heterocycles. The molecule has 33 heavy (non-hydrogen) atoms. The largest absolute Gasteiger partial charge is 0.487 e. The highest BCUT2D eigenvalue weighted by atomic mass is 79.9. The average Bonchev–Trinajstić information content (AvgIpc) is 3.20. The number of hydrogen-bond donors (Lipinski definition) is 2. The molecule has 3 aromatic rings. The van der Waals surface area contributed by atoms with Gasteiger partial charge in [0, 0.05) is 33.7 Å². The maximum absolute atomic E-state index is 12.6. The zero-order chi connectivity index (χ0) is 23.4. The summed E-state index contributed by atoms with van der Waals surface area (Å²) in [5, 5.41) is 1.01. The molecule has 0 saturated carbocycles. The van der Waals surface area contributed by atoms with Gasteiger partial charge in [0.05, 0.1) is 16.6 Å². The third-order valence-electron chi connectivity index (χ3n) is 5.24. The lowest BCUT2D eigenvalue weighted by molar-refractivity contribution is -0.125. The summed E-state index contributed by atoms with van der Waals surface area (Å²) >= 11 is 15.9. The fourth-order valence-corrected chi connectivity index (χ4v) is 4.15. The highest BCUT2D eigenvalue weighted by Gasteiger charge is 2.35. The third kappa shape index (κ3) is 5.79. The van der Waals surface area contributed by atoms with Gasteiger partial charge in [0.1, 0.15) is 12.4 Å². The predicted molar refractivity (Wildman–Crippen MR) is 134 cm³/mol. The fourth-order valence-electron chi connectivity index (χ4n) is 3.46. The van der Waals surface area contributed by atoms with E-state index in [0.29, 0.717) is 28.0 Å². The number of nitrogens with zero attached hydrogens (tertiary/aromatic N) is 1. The monoisotopic (exact) mass is 547 g/mol. The number of halogens is 3. The molecule has 0 unspecified atom stereocenters. The van der Waals surface area contributed by atoms with E-state index in [2.05, 4.69) is 26.8 Å². The Morgan fingerprint density at radius 2 is 1.82 bits per heavy atom. The molecule has 2 N–H and O–H groups in total. The molecule has 1 aliphatic heterocycles. The van der Waals surface area contributed by atoms with Crippen LogP contribution in [0.3, 0.4) is 0 Å². The zero-order valence-corrected chi connectivity index (χ0v) is 20.5. The molecule has 0 bridgehead atoms. The summed E-state index contributed by atoms with van der Waals surface area (Å²) in [5.74, 6) is -0.305. The molecule has 6 nitrogen and oxygen atoms in total. The Hall–Kier alpha value is -2.74. The van der Waals surface area contributed by atoms with E-state index in [0.717, 1.165) is 15.7 Å². The van der Waals surface area contributed by atoms with E-state index in [4.69, 9.17) is 27.9 Å². The second kappa shape index (κ2) is 10.5. The van der Waals surface area contributed by atoms with Crippen LogP contribution in [0.15, 0.2) is 71.2 Å². The van der Waals surface area contributed by atoms with Gasteiger partial charge < -0.3 is 9.64 Å². The minimum atomic E-state index is -0.456. The molecule has 1 heterocycles. The molecule has 1 aliphatic rings. The molecule has 0 radical (unpaired) electrons. The van der Waals surface area contributed by atoms with Crippen LogP contribution in [0.4, 0.5) is 11.4 Å². The van der Waals surface area contributed by atoms with Crippen LogP contribution in [0.5, 0.6) is 5.75 Å². The Kier molecular flexibility index (Phi) is 7.42. The van der Waals surface area contributed by atoms with Crippen LogP contribution in [0, 0.1) is 5.92 Å². The molecule has 3 aromatic carbocycles. The number of amides is 2. The molecule has 9 heteroatoms. The van der Waals surface area contributed by atoms with Gasteiger partial charge in [-0.25, -0.2) is 0 Å². The van der Waals surface area contributed by atoms with Crippen molar-refractivity contribution in [2.75, 3.05) is 16.9 Å². The van der Waals surface area contributed by atoms with E-state index in [1.807, 2.05) is 42.5 Å². The number of carbonyl (C=O) groups excluding carboxylic acids is 2. The molecule has 2 amide bonds. The summed E-state index contributed by atoms with van der Waals surface area (Å²) in [5.41, 5.74) is 7.73. The maximum Gasteiger partial charge on any atom is 0.243 e. The summed E-state index contributed by atoms with van der Waals surface area (Å²) < 4.78 is 6.69. The molecule has 1 atom stereocenters.